The predicted molar refractivity (Wildman–Crippen MR) is 144 cm³/mol. The summed E-state index contributed by atoms with van der Waals surface area (Å²) in [5, 5.41) is 5.99. The van der Waals surface area contributed by atoms with Gasteiger partial charge in [0.15, 0.2) is 5.13 Å². The zero-order valence-corrected chi connectivity index (χ0v) is 21.2. The fourth-order valence-electron chi connectivity index (χ4n) is 3.47. The number of rotatable bonds is 10. The molecule has 0 bridgehead atoms. The van der Waals surface area contributed by atoms with Crippen LogP contribution < -0.4 is 15.4 Å². The summed E-state index contributed by atoms with van der Waals surface area (Å²) >= 11 is 2.87. The maximum absolute atomic E-state index is 13.4. The Bertz CT molecular complexity index is 1290. The minimum absolute atomic E-state index is 0.0160. The van der Waals surface area contributed by atoms with Gasteiger partial charge in [-0.3, -0.25) is 9.59 Å². The summed E-state index contributed by atoms with van der Waals surface area (Å²) in [5.41, 5.74) is 2.46. The Hall–Kier alpha value is -3.36. The first kappa shape index (κ1) is 24.8. The zero-order chi connectivity index (χ0) is 24.6. The van der Waals surface area contributed by atoms with Gasteiger partial charge < -0.3 is 15.4 Å². The van der Waals surface area contributed by atoms with Crippen molar-refractivity contribution in [3.05, 3.63) is 78.4 Å². The van der Waals surface area contributed by atoms with Crippen LogP contribution in [0.25, 0.3) is 10.2 Å². The molecule has 6 nitrogen and oxygen atoms in total. The molecular formula is C27H27N3O3S2. The number of hydrogen-bond acceptors (Lipinski definition) is 6. The normalized spacial score (nSPS) is 11.7. The van der Waals surface area contributed by atoms with Gasteiger partial charge in [0.1, 0.15) is 11.0 Å². The summed E-state index contributed by atoms with van der Waals surface area (Å²) in [6.45, 7) is 2.06. The molecule has 180 valence electrons. The van der Waals surface area contributed by atoms with Crippen LogP contribution in [0.3, 0.4) is 0 Å². The molecule has 35 heavy (non-hydrogen) atoms. The fourth-order valence-corrected chi connectivity index (χ4v) is 5.39. The van der Waals surface area contributed by atoms with Gasteiger partial charge in [-0.1, -0.05) is 55.0 Å². The van der Waals surface area contributed by atoms with Gasteiger partial charge in [0, 0.05) is 17.0 Å². The third kappa shape index (κ3) is 6.61. The molecular weight excluding hydrogens is 478 g/mol. The number of carbonyl (C=O) groups excluding carboxylic acids is 2. The molecule has 2 amide bonds. The van der Waals surface area contributed by atoms with E-state index in [2.05, 4.69) is 22.5 Å². The fraction of sp³-hybridized carbons (Fsp3) is 0.222. The Kier molecular flexibility index (Phi) is 8.39. The number of nitrogens with zero attached hydrogens (tertiary/aromatic N) is 1. The summed E-state index contributed by atoms with van der Waals surface area (Å²) in [5.74, 6) is 0.619. The predicted octanol–water partition coefficient (Wildman–Crippen LogP) is 6.91. The van der Waals surface area contributed by atoms with Crippen molar-refractivity contribution in [2.24, 2.45) is 0 Å². The summed E-state index contributed by atoms with van der Waals surface area (Å²) in [4.78, 5) is 30.9. The first-order chi connectivity index (χ1) is 17.1. The lowest BCUT2D eigenvalue weighted by molar-refractivity contribution is -0.116. The number of nitrogens with one attached hydrogen (secondary N) is 2. The highest BCUT2D eigenvalue weighted by Crippen LogP contribution is 2.37. The highest BCUT2D eigenvalue weighted by atomic mass is 32.2. The van der Waals surface area contributed by atoms with Crippen LogP contribution in [0.2, 0.25) is 0 Å². The van der Waals surface area contributed by atoms with Gasteiger partial charge in [-0.2, -0.15) is 0 Å². The number of unbranched alkanes of at least 4 members (excludes halogenated alkanes) is 1. The number of ether oxygens (including phenoxy) is 1. The van der Waals surface area contributed by atoms with Crippen LogP contribution in [0.5, 0.6) is 5.75 Å². The number of thioether (sulfide) groups is 1. The molecule has 4 aromatic rings. The first-order valence-electron chi connectivity index (χ1n) is 11.4. The molecule has 0 saturated carbocycles. The van der Waals surface area contributed by atoms with Gasteiger partial charge in [0.05, 0.1) is 17.3 Å². The monoisotopic (exact) mass is 505 g/mol. The number of methoxy groups -OCH3 is 1. The van der Waals surface area contributed by atoms with Gasteiger partial charge in [0.2, 0.25) is 11.8 Å². The molecule has 0 radical (unpaired) electrons. The van der Waals surface area contributed by atoms with Crippen LogP contribution in [-0.2, 0) is 9.59 Å². The number of aromatic nitrogens is 1. The summed E-state index contributed by atoms with van der Waals surface area (Å²) < 4.78 is 6.23. The highest BCUT2D eigenvalue weighted by Gasteiger charge is 2.23. The summed E-state index contributed by atoms with van der Waals surface area (Å²) in [6, 6.07) is 22.9. The number of carbonyl (C=O) groups is 2. The van der Waals surface area contributed by atoms with E-state index in [0.717, 1.165) is 45.0 Å². The van der Waals surface area contributed by atoms with E-state index in [9.17, 15) is 9.59 Å². The van der Waals surface area contributed by atoms with Crippen LogP contribution >= 0.6 is 23.1 Å². The lowest BCUT2D eigenvalue weighted by Gasteiger charge is -2.16. The average Bonchev–Trinajstić information content (AvgIpc) is 3.28. The number of benzene rings is 3. The average molecular weight is 506 g/mol. The van der Waals surface area contributed by atoms with E-state index in [1.54, 1.807) is 7.11 Å². The van der Waals surface area contributed by atoms with Crippen molar-refractivity contribution in [2.45, 2.75) is 36.3 Å². The van der Waals surface area contributed by atoms with Crippen molar-refractivity contribution in [3.8, 4) is 5.75 Å². The molecule has 2 N–H and O–H groups in total. The van der Waals surface area contributed by atoms with Crippen LogP contribution in [0, 0.1) is 0 Å². The van der Waals surface area contributed by atoms with Crippen molar-refractivity contribution in [2.75, 3.05) is 17.7 Å². The molecule has 3 aromatic carbocycles. The van der Waals surface area contributed by atoms with Crippen molar-refractivity contribution >= 4 is 55.9 Å². The molecule has 0 aliphatic heterocycles. The van der Waals surface area contributed by atoms with Crippen molar-refractivity contribution in [1.29, 1.82) is 0 Å². The summed E-state index contributed by atoms with van der Waals surface area (Å²) in [6.07, 6.45) is 2.37. The molecule has 0 spiro atoms. The van der Waals surface area contributed by atoms with Gasteiger partial charge >= 0.3 is 0 Å². The standard InChI is InChI=1S/C27H27N3O3S2/c1-3-4-10-24(31)28-19-11-14-21(15-12-19)34-25(18-8-6-5-7-9-18)26(32)30-27-29-22-16-13-20(33-2)17-23(22)35-27/h5-9,11-17,25H,3-4,10H2,1-2H3,(H,28,31)(H,29,30,32). The Morgan fingerprint density at radius 2 is 1.80 bits per heavy atom. The number of thiazole rings is 1. The maximum atomic E-state index is 13.4. The minimum atomic E-state index is -0.470. The molecule has 1 unspecified atom stereocenters. The molecule has 8 heteroatoms. The van der Waals surface area contributed by atoms with Crippen LogP contribution in [0.1, 0.15) is 37.0 Å². The van der Waals surface area contributed by atoms with E-state index in [4.69, 9.17) is 4.74 Å². The summed E-state index contributed by atoms with van der Waals surface area (Å²) in [7, 11) is 1.62. The molecule has 1 atom stereocenters. The van der Waals surface area contributed by atoms with Crippen LogP contribution in [-0.4, -0.2) is 23.9 Å². The maximum Gasteiger partial charge on any atom is 0.244 e. The van der Waals surface area contributed by atoms with E-state index in [1.807, 2.05) is 72.8 Å². The van der Waals surface area contributed by atoms with E-state index < -0.39 is 5.25 Å². The topological polar surface area (TPSA) is 80.3 Å². The van der Waals surface area contributed by atoms with E-state index in [-0.39, 0.29) is 11.8 Å². The van der Waals surface area contributed by atoms with Crippen molar-refractivity contribution < 1.29 is 14.3 Å². The lowest BCUT2D eigenvalue weighted by Crippen LogP contribution is -2.18. The Labute approximate surface area is 213 Å². The molecule has 1 heterocycles. The van der Waals surface area contributed by atoms with E-state index in [1.165, 1.54) is 23.1 Å². The molecule has 4 rings (SSSR count). The number of hydrogen-bond donors (Lipinski definition) is 2. The van der Waals surface area contributed by atoms with Crippen LogP contribution in [0.4, 0.5) is 10.8 Å². The molecule has 0 saturated heterocycles. The van der Waals surface area contributed by atoms with Gasteiger partial charge in [-0.05, 0) is 54.4 Å². The quantitative estimate of drug-likeness (QED) is 0.229. The second-order valence-electron chi connectivity index (χ2n) is 7.93. The van der Waals surface area contributed by atoms with Gasteiger partial charge in [-0.25, -0.2) is 4.98 Å². The van der Waals surface area contributed by atoms with E-state index in [0.29, 0.717) is 11.6 Å². The number of amides is 2. The van der Waals surface area contributed by atoms with E-state index >= 15 is 0 Å². The zero-order valence-electron chi connectivity index (χ0n) is 19.6. The lowest BCUT2D eigenvalue weighted by atomic mass is 10.1. The van der Waals surface area contributed by atoms with Gasteiger partial charge in [0.25, 0.3) is 0 Å². The third-order valence-electron chi connectivity index (χ3n) is 5.32. The number of anilines is 2. The Morgan fingerprint density at radius 1 is 1.03 bits per heavy atom. The smallest absolute Gasteiger partial charge is 0.244 e. The second-order valence-corrected chi connectivity index (χ2v) is 10.1. The second kappa shape index (κ2) is 11.9. The third-order valence-corrected chi connectivity index (χ3v) is 7.52. The molecule has 0 aliphatic carbocycles. The molecule has 0 fully saturated rings. The number of fused-ring (bicyclic) bond motifs is 1. The largest absolute Gasteiger partial charge is 0.497 e. The Balaban J connectivity index is 1.50. The SMILES string of the molecule is CCCCC(=O)Nc1ccc(SC(C(=O)Nc2nc3ccc(OC)cc3s2)c2ccccc2)cc1. The minimum Gasteiger partial charge on any atom is -0.497 e. The van der Waals surface area contributed by atoms with Crippen molar-refractivity contribution in [1.82, 2.24) is 4.98 Å². The van der Waals surface area contributed by atoms with Gasteiger partial charge in [-0.15, -0.1) is 11.8 Å². The molecule has 1 aromatic heterocycles. The molecule has 0 aliphatic rings. The van der Waals surface area contributed by atoms with Crippen molar-refractivity contribution in [3.63, 3.8) is 0 Å². The van der Waals surface area contributed by atoms with Crippen LogP contribution in [0.15, 0.2) is 77.7 Å². The first-order valence-corrected chi connectivity index (χ1v) is 13.1. The highest BCUT2D eigenvalue weighted by molar-refractivity contribution is 8.00. The Morgan fingerprint density at radius 3 is 2.51 bits per heavy atom.